The lowest BCUT2D eigenvalue weighted by Gasteiger charge is -1.90. The molecular weight excluding hydrogens is 144 g/mol. The Labute approximate surface area is 63.4 Å². The molecule has 0 atom stereocenters. The van der Waals surface area contributed by atoms with E-state index in [1.165, 1.54) is 11.8 Å². The van der Waals surface area contributed by atoms with E-state index in [1.807, 2.05) is 18.2 Å². The highest BCUT2D eigenvalue weighted by Crippen LogP contribution is 2.31. The summed E-state index contributed by atoms with van der Waals surface area (Å²) >= 11 is 1.32. The Morgan fingerprint density at radius 1 is 1.60 bits per heavy atom. The molecule has 0 aromatic heterocycles. The molecule has 0 spiro atoms. The van der Waals surface area contributed by atoms with Gasteiger partial charge >= 0.3 is 0 Å². The van der Waals surface area contributed by atoms with Crippen molar-refractivity contribution in [3.05, 3.63) is 29.8 Å². The SMILES string of the molecule is O=C1Cc2cc[c]cc2S1. The van der Waals surface area contributed by atoms with E-state index in [0.717, 1.165) is 10.5 Å². The summed E-state index contributed by atoms with van der Waals surface area (Å²) in [6, 6.07) is 8.60. The molecule has 1 heterocycles. The van der Waals surface area contributed by atoms with Crippen LogP contribution in [0.15, 0.2) is 23.1 Å². The summed E-state index contributed by atoms with van der Waals surface area (Å²) in [4.78, 5) is 11.9. The summed E-state index contributed by atoms with van der Waals surface area (Å²) in [5, 5.41) is 0.245. The van der Waals surface area contributed by atoms with Crippen LogP contribution in [0.2, 0.25) is 0 Å². The zero-order valence-corrected chi connectivity index (χ0v) is 6.07. The lowest BCUT2D eigenvalue weighted by atomic mass is 10.2. The topological polar surface area (TPSA) is 17.1 Å². The summed E-state index contributed by atoms with van der Waals surface area (Å²) < 4.78 is 0. The van der Waals surface area contributed by atoms with Crippen LogP contribution in [0.5, 0.6) is 0 Å². The fraction of sp³-hybridized carbons (Fsp3) is 0.125. The normalized spacial score (nSPS) is 15.4. The summed E-state index contributed by atoms with van der Waals surface area (Å²) in [5.74, 6) is 0. The Bertz CT molecular complexity index is 253. The molecular formula is C8H5OS. The molecule has 0 aliphatic carbocycles. The Kier molecular flexibility index (Phi) is 1.27. The van der Waals surface area contributed by atoms with Crippen molar-refractivity contribution in [1.82, 2.24) is 0 Å². The molecule has 0 N–H and O–H groups in total. The Balaban J connectivity index is 2.51. The van der Waals surface area contributed by atoms with Crippen molar-refractivity contribution >= 4 is 16.9 Å². The molecule has 1 aliphatic rings. The van der Waals surface area contributed by atoms with Gasteiger partial charge in [-0.1, -0.05) is 23.9 Å². The molecule has 1 radical (unpaired) electrons. The Morgan fingerprint density at radius 3 is 3.30 bits per heavy atom. The van der Waals surface area contributed by atoms with Crippen LogP contribution >= 0.6 is 11.8 Å². The summed E-state index contributed by atoms with van der Waals surface area (Å²) in [6.45, 7) is 0. The quantitative estimate of drug-likeness (QED) is 0.558. The smallest absolute Gasteiger partial charge is 0.198 e. The van der Waals surface area contributed by atoms with Crippen LogP contribution in [0.1, 0.15) is 5.56 Å². The first-order valence-electron chi connectivity index (χ1n) is 3.06. The van der Waals surface area contributed by atoms with Crippen LogP contribution in [0, 0.1) is 6.07 Å². The number of benzene rings is 1. The summed E-state index contributed by atoms with van der Waals surface area (Å²) in [7, 11) is 0. The molecule has 1 aromatic carbocycles. The van der Waals surface area contributed by atoms with Crippen LogP contribution < -0.4 is 0 Å². The minimum Gasteiger partial charge on any atom is -0.286 e. The third kappa shape index (κ3) is 0.847. The second-order valence-electron chi connectivity index (χ2n) is 2.18. The van der Waals surface area contributed by atoms with Crippen molar-refractivity contribution in [3.8, 4) is 0 Å². The fourth-order valence-electron chi connectivity index (χ4n) is 1.00. The third-order valence-electron chi connectivity index (χ3n) is 1.47. The van der Waals surface area contributed by atoms with E-state index in [2.05, 4.69) is 6.07 Å². The minimum absolute atomic E-state index is 0.245. The van der Waals surface area contributed by atoms with Gasteiger partial charge < -0.3 is 0 Å². The average molecular weight is 149 g/mol. The molecule has 10 heavy (non-hydrogen) atoms. The first-order valence-corrected chi connectivity index (χ1v) is 3.87. The number of carbonyl (C=O) groups is 1. The van der Waals surface area contributed by atoms with Crippen molar-refractivity contribution in [3.63, 3.8) is 0 Å². The number of hydrogen-bond donors (Lipinski definition) is 0. The molecule has 1 aromatic rings. The molecule has 0 amide bonds. The predicted molar refractivity (Wildman–Crippen MR) is 39.8 cm³/mol. The van der Waals surface area contributed by atoms with Gasteiger partial charge in [0.15, 0.2) is 5.12 Å². The zero-order valence-electron chi connectivity index (χ0n) is 5.26. The van der Waals surface area contributed by atoms with Crippen LogP contribution in [0.25, 0.3) is 0 Å². The van der Waals surface area contributed by atoms with E-state index in [1.54, 1.807) is 0 Å². The monoisotopic (exact) mass is 149 g/mol. The highest BCUT2D eigenvalue weighted by atomic mass is 32.2. The number of thioether (sulfide) groups is 1. The molecule has 49 valence electrons. The standard InChI is InChI=1S/C8H5OS/c9-8-5-6-3-1-2-4-7(6)10-8/h1,3-4H,5H2. The van der Waals surface area contributed by atoms with Crippen LogP contribution in [-0.2, 0) is 11.2 Å². The molecule has 0 unspecified atom stereocenters. The van der Waals surface area contributed by atoms with E-state index in [-0.39, 0.29) is 5.12 Å². The number of carbonyl (C=O) groups excluding carboxylic acids is 1. The number of hydrogen-bond acceptors (Lipinski definition) is 2. The largest absolute Gasteiger partial charge is 0.286 e. The zero-order chi connectivity index (χ0) is 6.97. The first kappa shape index (κ1) is 5.98. The van der Waals surface area contributed by atoms with Crippen molar-refractivity contribution in [2.45, 2.75) is 11.3 Å². The average Bonchev–Trinajstić information content (AvgIpc) is 2.27. The van der Waals surface area contributed by atoms with E-state index >= 15 is 0 Å². The fourth-order valence-corrected chi connectivity index (χ4v) is 1.87. The predicted octanol–water partition coefficient (Wildman–Crippen LogP) is 1.66. The van der Waals surface area contributed by atoms with Gasteiger partial charge in [-0.05, 0) is 17.7 Å². The maximum atomic E-state index is 10.8. The Hall–Kier alpha value is -0.760. The van der Waals surface area contributed by atoms with Gasteiger partial charge in [-0.15, -0.1) is 0 Å². The molecule has 2 rings (SSSR count). The second kappa shape index (κ2) is 2.13. The first-order chi connectivity index (χ1) is 4.86. The second-order valence-corrected chi connectivity index (χ2v) is 3.28. The van der Waals surface area contributed by atoms with E-state index in [0.29, 0.717) is 6.42 Å². The third-order valence-corrected chi connectivity index (χ3v) is 2.44. The maximum Gasteiger partial charge on any atom is 0.198 e. The minimum atomic E-state index is 0.245. The van der Waals surface area contributed by atoms with Gasteiger partial charge in [0.25, 0.3) is 0 Å². The molecule has 2 heteroatoms. The molecule has 0 saturated carbocycles. The van der Waals surface area contributed by atoms with Crippen LogP contribution in [0.3, 0.4) is 0 Å². The maximum absolute atomic E-state index is 10.8. The van der Waals surface area contributed by atoms with Gasteiger partial charge in [-0.2, -0.15) is 0 Å². The molecule has 1 aliphatic heterocycles. The lowest BCUT2D eigenvalue weighted by Crippen LogP contribution is -1.85. The number of rotatable bonds is 0. The van der Waals surface area contributed by atoms with Crippen molar-refractivity contribution < 1.29 is 4.79 Å². The van der Waals surface area contributed by atoms with Crippen molar-refractivity contribution in [2.24, 2.45) is 0 Å². The van der Waals surface area contributed by atoms with E-state index in [4.69, 9.17) is 0 Å². The van der Waals surface area contributed by atoms with Crippen molar-refractivity contribution in [2.75, 3.05) is 0 Å². The van der Waals surface area contributed by atoms with Gasteiger partial charge in [0.2, 0.25) is 0 Å². The van der Waals surface area contributed by atoms with Gasteiger partial charge in [0, 0.05) is 11.3 Å². The van der Waals surface area contributed by atoms with Gasteiger partial charge in [-0.3, -0.25) is 4.79 Å². The van der Waals surface area contributed by atoms with Crippen LogP contribution in [0.4, 0.5) is 0 Å². The van der Waals surface area contributed by atoms with Crippen molar-refractivity contribution in [1.29, 1.82) is 0 Å². The molecule has 0 saturated heterocycles. The lowest BCUT2D eigenvalue weighted by molar-refractivity contribution is -0.110. The van der Waals surface area contributed by atoms with Gasteiger partial charge in [0.05, 0.1) is 0 Å². The number of fused-ring (bicyclic) bond motifs is 1. The molecule has 0 fully saturated rings. The van der Waals surface area contributed by atoms with Gasteiger partial charge in [0.1, 0.15) is 0 Å². The van der Waals surface area contributed by atoms with E-state index in [9.17, 15) is 4.79 Å². The Morgan fingerprint density at radius 2 is 2.50 bits per heavy atom. The van der Waals surface area contributed by atoms with Gasteiger partial charge in [-0.25, -0.2) is 0 Å². The highest BCUT2D eigenvalue weighted by Gasteiger charge is 2.17. The molecule has 0 bridgehead atoms. The molecule has 1 nitrogen and oxygen atoms in total. The van der Waals surface area contributed by atoms with E-state index < -0.39 is 0 Å². The highest BCUT2D eigenvalue weighted by molar-refractivity contribution is 8.14. The summed E-state index contributed by atoms with van der Waals surface area (Å²) in [6.07, 6.45) is 0.592. The summed E-state index contributed by atoms with van der Waals surface area (Å²) in [5.41, 5.74) is 1.15. The van der Waals surface area contributed by atoms with Crippen LogP contribution in [-0.4, -0.2) is 5.12 Å².